The molecule has 0 saturated carbocycles. The maximum atomic E-state index is 13.1. The molecule has 3 heteroatoms. The maximum absolute atomic E-state index is 13.1. The predicted octanol–water partition coefficient (Wildman–Crippen LogP) is 2.84. The van der Waals surface area contributed by atoms with Crippen LogP contribution in [0.5, 0.6) is 5.75 Å². The number of phenolic OH excluding ortho intramolecular Hbond substituents is 1. The molecule has 0 radical (unpaired) electrons. The smallest absolute Gasteiger partial charge is 0.165 e. The fourth-order valence-corrected chi connectivity index (χ4v) is 1.32. The van der Waals surface area contributed by atoms with Gasteiger partial charge in [0.15, 0.2) is 11.6 Å². The van der Waals surface area contributed by atoms with Gasteiger partial charge in [0.2, 0.25) is 0 Å². The first kappa shape index (κ1) is 12.0. The first-order valence-corrected chi connectivity index (χ1v) is 5.22. The highest BCUT2D eigenvalue weighted by atomic mass is 19.1. The minimum absolute atomic E-state index is 0.0995. The molecule has 1 aromatic rings. The molecule has 0 heterocycles. The molecule has 1 atom stereocenters. The van der Waals surface area contributed by atoms with Gasteiger partial charge in [-0.25, -0.2) is 4.39 Å². The van der Waals surface area contributed by atoms with Crippen molar-refractivity contribution in [3.05, 3.63) is 29.6 Å². The Morgan fingerprint density at radius 3 is 2.53 bits per heavy atom. The van der Waals surface area contributed by atoms with E-state index in [-0.39, 0.29) is 11.8 Å². The van der Waals surface area contributed by atoms with E-state index >= 15 is 0 Å². The fraction of sp³-hybridized carbons (Fsp3) is 0.500. The summed E-state index contributed by atoms with van der Waals surface area (Å²) in [5.41, 5.74) is 0.853. The summed E-state index contributed by atoms with van der Waals surface area (Å²) in [4.78, 5) is 0. The zero-order valence-corrected chi connectivity index (χ0v) is 9.42. The molecule has 0 saturated heterocycles. The zero-order chi connectivity index (χ0) is 11.4. The summed E-state index contributed by atoms with van der Waals surface area (Å²) in [6, 6.07) is 4.59. The molecule has 0 aliphatic rings. The third-order valence-corrected chi connectivity index (χ3v) is 2.30. The van der Waals surface area contributed by atoms with Crippen molar-refractivity contribution in [2.24, 2.45) is 5.92 Å². The van der Waals surface area contributed by atoms with Gasteiger partial charge < -0.3 is 10.4 Å². The van der Waals surface area contributed by atoms with Crippen molar-refractivity contribution in [1.82, 2.24) is 5.32 Å². The molecule has 0 aliphatic carbocycles. The summed E-state index contributed by atoms with van der Waals surface area (Å²) in [5.74, 6) is -0.296. The van der Waals surface area contributed by atoms with E-state index in [1.807, 2.05) is 6.92 Å². The molecule has 0 amide bonds. The Morgan fingerprint density at radius 1 is 1.33 bits per heavy atom. The summed E-state index contributed by atoms with van der Waals surface area (Å²) < 4.78 is 13.1. The van der Waals surface area contributed by atoms with Crippen LogP contribution >= 0.6 is 0 Å². The van der Waals surface area contributed by atoms with Crippen LogP contribution in [0, 0.1) is 11.7 Å². The number of nitrogens with one attached hydrogen (secondary N) is 1. The Hall–Kier alpha value is -1.09. The van der Waals surface area contributed by atoms with Crippen LogP contribution in [0.3, 0.4) is 0 Å². The standard InChI is InChI=1S/C12H18FNO/c1-8(2)7-14-9(3)10-4-5-12(15)11(13)6-10/h4-6,8-9,14-15H,7H2,1-3H3/t9-/m1/s1. The minimum Gasteiger partial charge on any atom is -0.505 e. The summed E-state index contributed by atoms with van der Waals surface area (Å²) in [7, 11) is 0. The van der Waals surface area contributed by atoms with Crippen molar-refractivity contribution in [3.63, 3.8) is 0 Å². The molecule has 0 fully saturated rings. The van der Waals surface area contributed by atoms with Gasteiger partial charge in [-0.1, -0.05) is 19.9 Å². The first-order valence-electron chi connectivity index (χ1n) is 5.22. The largest absolute Gasteiger partial charge is 0.505 e. The third-order valence-electron chi connectivity index (χ3n) is 2.30. The second-order valence-corrected chi connectivity index (χ2v) is 4.23. The fourth-order valence-electron chi connectivity index (χ4n) is 1.32. The van der Waals surface area contributed by atoms with E-state index in [1.165, 1.54) is 12.1 Å². The average molecular weight is 211 g/mol. The molecule has 0 unspecified atom stereocenters. The molecule has 1 rings (SSSR count). The lowest BCUT2D eigenvalue weighted by Crippen LogP contribution is -2.23. The number of benzene rings is 1. The predicted molar refractivity (Wildman–Crippen MR) is 59.3 cm³/mol. The normalized spacial score (nSPS) is 13.1. The second-order valence-electron chi connectivity index (χ2n) is 4.23. The Labute approximate surface area is 90.1 Å². The van der Waals surface area contributed by atoms with Crippen LogP contribution in [-0.4, -0.2) is 11.7 Å². The van der Waals surface area contributed by atoms with Gasteiger partial charge in [-0.05, 0) is 37.1 Å². The lowest BCUT2D eigenvalue weighted by molar-refractivity contribution is 0.429. The molecular formula is C12H18FNO. The van der Waals surface area contributed by atoms with Crippen molar-refractivity contribution >= 4 is 0 Å². The zero-order valence-electron chi connectivity index (χ0n) is 9.42. The molecule has 15 heavy (non-hydrogen) atoms. The summed E-state index contributed by atoms with van der Waals surface area (Å²) in [6.07, 6.45) is 0. The first-order chi connectivity index (χ1) is 7.00. The molecule has 1 aromatic carbocycles. The summed E-state index contributed by atoms with van der Waals surface area (Å²) >= 11 is 0. The quantitative estimate of drug-likeness (QED) is 0.802. The van der Waals surface area contributed by atoms with Gasteiger partial charge in [-0.2, -0.15) is 0 Å². The van der Waals surface area contributed by atoms with E-state index in [2.05, 4.69) is 19.2 Å². The van der Waals surface area contributed by atoms with E-state index in [0.717, 1.165) is 12.1 Å². The minimum atomic E-state index is -0.564. The van der Waals surface area contributed by atoms with Crippen LogP contribution in [0.15, 0.2) is 18.2 Å². The molecule has 0 bridgehead atoms. The topological polar surface area (TPSA) is 32.3 Å². The van der Waals surface area contributed by atoms with Crippen molar-refractivity contribution in [1.29, 1.82) is 0 Å². The van der Waals surface area contributed by atoms with Gasteiger partial charge in [-0.3, -0.25) is 0 Å². The molecule has 0 aliphatic heterocycles. The van der Waals surface area contributed by atoms with Crippen LogP contribution < -0.4 is 5.32 Å². The molecule has 0 spiro atoms. The number of halogens is 1. The third kappa shape index (κ3) is 3.51. The molecule has 2 N–H and O–H groups in total. The highest BCUT2D eigenvalue weighted by molar-refractivity contribution is 5.29. The molecule has 2 nitrogen and oxygen atoms in total. The Bertz CT molecular complexity index is 325. The van der Waals surface area contributed by atoms with Crippen LogP contribution in [0.2, 0.25) is 0 Å². The Kier molecular flexibility index (Phi) is 4.09. The van der Waals surface area contributed by atoms with E-state index < -0.39 is 5.82 Å². The van der Waals surface area contributed by atoms with Crippen molar-refractivity contribution < 1.29 is 9.50 Å². The summed E-state index contributed by atoms with van der Waals surface area (Å²) in [6.45, 7) is 7.12. The van der Waals surface area contributed by atoms with Gasteiger partial charge in [0.25, 0.3) is 0 Å². The van der Waals surface area contributed by atoms with E-state index in [1.54, 1.807) is 6.07 Å². The van der Waals surface area contributed by atoms with Crippen molar-refractivity contribution in [2.45, 2.75) is 26.8 Å². The van der Waals surface area contributed by atoms with Gasteiger partial charge in [0.1, 0.15) is 0 Å². The highest BCUT2D eigenvalue weighted by Gasteiger charge is 2.08. The van der Waals surface area contributed by atoms with Crippen molar-refractivity contribution in [2.75, 3.05) is 6.54 Å². The second kappa shape index (κ2) is 5.12. The number of phenols is 1. The van der Waals surface area contributed by atoms with Gasteiger partial charge in [0, 0.05) is 6.04 Å². The number of aromatic hydroxyl groups is 1. The van der Waals surface area contributed by atoms with E-state index in [4.69, 9.17) is 5.11 Å². The monoisotopic (exact) mass is 211 g/mol. The van der Waals surface area contributed by atoms with Crippen LogP contribution in [-0.2, 0) is 0 Å². The SMILES string of the molecule is CC(C)CN[C@H](C)c1ccc(O)c(F)c1. The Balaban J connectivity index is 2.65. The molecule has 84 valence electrons. The summed E-state index contributed by atoms with van der Waals surface area (Å²) in [5, 5.41) is 12.3. The van der Waals surface area contributed by atoms with Crippen LogP contribution in [0.1, 0.15) is 32.4 Å². The average Bonchev–Trinajstić information content (AvgIpc) is 2.18. The van der Waals surface area contributed by atoms with Gasteiger partial charge in [-0.15, -0.1) is 0 Å². The van der Waals surface area contributed by atoms with Crippen LogP contribution in [0.4, 0.5) is 4.39 Å². The van der Waals surface area contributed by atoms with Crippen LogP contribution in [0.25, 0.3) is 0 Å². The van der Waals surface area contributed by atoms with E-state index in [9.17, 15) is 4.39 Å². The maximum Gasteiger partial charge on any atom is 0.165 e. The number of rotatable bonds is 4. The van der Waals surface area contributed by atoms with Gasteiger partial charge in [0.05, 0.1) is 0 Å². The number of hydrogen-bond acceptors (Lipinski definition) is 2. The number of hydrogen-bond donors (Lipinski definition) is 2. The van der Waals surface area contributed by atoms with E-state index in [0.29, 0.717) is 5.92 Å². The Morgan fingerprint density at radius 2 is 2.00 bits per heavy atom. The van der Waals surface area contributed by atoms with Gasteiger partial charge >= 0.3 is 0 Å². The lowest BCUT2D eigenvalue weighted by Gasteiger charge is -2.16. The highest BCUT2D eigenvalue weighted by Crippen LogP contribution is 2.20. The van der Waals surface area contributed by atoms with Crippen molar-refractivity contribution in [3.8, 4) is 5.75 Å². The molecular weight excluding hydrogens is 193 g/mol. The lowest BCUT2D eigenvalue weighted by atomic mass is 10.1. The molecule has 0 aromatic heterocycles.